The van der Waals surface area contributed by atoms with Crippen LogP contribution >= 0.6 is 0 Å². The van der Waals surface area contributed by atoms with Crippen molar-refractivity contribution in [3.63, 3.8) is 0 Å². The average molecular weight is 473 g/mol. The smallest absolute Gasteiger partial charge is 0.292 e. The number of carbonyl (C=O) groups excluding carboxylic acids is 2. The third-order valence-electron chi connectivity index (χ3n) is 4.80. The van der Waals surface area contributed by atoms with Crippen molar-refractivity contribution in [1.82, 2.24) is 0 Å². The molecule has 0 spiro atoms. The monoisotopic (exact) mass is 473 g/mol. The van der Waals surface area contributed by atoms with Crippen molar-refractivity contribution < 1.29 is 24.0 Å². The van der Waals surface area contributed by atoms with Gasteiger partial charge in [-0.2, -0.15) is 0 Å². The summed E-state index contributed by atoms with van der Waals surface area (Å²) in [5.41, 5.74) is 1.48. The van der Waals surface area contributed by atoms with Crippen LogP contribution in [-0.2, 0) is 9.59 Å². The van der Waals surface area contributed by atoms with Crippen LogP contribution in [0.15, 0.2) is 78.9 Å². The van der Waals surface area contributed by atoms with Gasteiger partial charge in [-0.3, -0.25) is 19.7 Å². The number of methoxy groups -OCH3 is 2. The molecule has 9 heteroatoms. The Hall–Kier alpha value is -4.92. The SMILES string of the molecule is COc1ccc(C=CC(=O)Nc2ccc([N+](=O)[O-])c(NC(=O)C=Cc3ccc(OC)cc3)c2)cc1. The van der Waals surface area contributed by atoms with Gasteiger partial charge in [0.1, 0.15) is 17.2 Å². The highest BCUT2D eigenvalue weighted by molar-refractivity contribution is 6.05. The molecule has 0 aliphatic carbocycles. The number of hydrogen-bond donors (Lipinski definition) is 2. The summed E-state index contributed by atoms with van der Waals surface area (Å²) in [5, 5.41) is 16.5. The summed E-state index contributed by atoms with van der Waals surface area (Å²) in [6.45, 7) is 0. The number of nitrogens with zero attached hydrogens (tertiary/aromatic N) is 1. The average Bonchev–Trinajstić information content (AvgIpc) is 2.87. The molecule has 0 heterocycles. The molecule has 0 aliphatic heterocycles. The third-order valence-corrected chi connectivity index (χ3v) is 4.80. The van der Waals surface area contributed by atoms with Gasteiger partial charge < -0.3 is 20.1 Å². The lowest BCUT2D eigenvalue weighted by atomic mass is 10.2. The van der Waals surface area contributed by atoms with E-state index in [0.29, 0.717) is 11.5 Å². The molecule has 0 aliphatic rings. The van der Waals surface area contributed by atoms with Crippen LogP contribution in [0.3, 0.4) is 0 Å². The van der Waals surface area contributed by atoms with Gasteiger partial charge in [-0.25, -0.2) is 0 Å². The van der Waals surface area contributed by atoms with Gasteiger partial charge in [0.2, 0.25) is 11.8 Å². The summed E-state index contributed by atoms with van der Waals surface area (Å²) in [6.07, 6.45) is 5.77. The van der Waals surface area contributed by atoms with Crippen LogP contribution < -0.4 is 20.1 Å². The number of amides is 2. The van der Waals surface area contributed by atoms with E-state index in [2.05, 4.69) is 10.6 Å². The van der Waals surface area contributed by atoms with Crippen molar-refractivity contribution in [2.24, 2.45) is 0 Å². The van der Waals surface area contributed by atoms with Gasteiger partial charge in [0.05, 0.1) is 19.1 Å². The minimum atomic E-state index is -0.613. The summed E-state index contributed by atoms with van der Waals surface area (Å²) in [4.78, 5) is 35.5. The van der Waals surface area contributed by atoms with E-state index in [0.717, 1.165) is 11.1 Å². The number of hydrogen-bond acceptors (Lipinski definition) is 6. The van der Waals surface area contributed by atoms with Crippen molar-refractivity contribution in [2.45, 2.75) is 0 Å². The predicted molar refractivity (Wildman–Crippen MR) is 134 cm³/mol. The van der Waals surface area contributed by atoms with Gasteiger partial charge in [0.15, 0.2) is 0 Å². The van der Waals surface area contributed by atoms with E-state index in [1.54, 1.807) is 74.9 Å². The summed E-state index contributed by atoms with van der Waals surface area (Å²) in [5.74, 6) is 0.379. The molecule has 0 fully saturated rings. The molecule has 0 bridgehead atoms. The highest BCUT2D eigenvalue weighted by Gasteiger charge is 2.16. The van der Waals surface area contributed by atoms with E-state index in [1.807, 2.05) is 0 Å². The highest BCUT2D eigenvalue weighted by Crippen LogP contribution is 2.28. The Bertz CT molecular complexity index is 1270. The molecule has 178 valence electrons. The quantitative estimate of drug-likeness (QED) is 0.259. The molecule has 0 radical (unpaired) electrons. The topological polar surface area (TPSA) is 120 Å². The van der Waals surface area contributed by atoms with Gasteiger partial charge in [0, 0.05) is 23.9 Å². The molecule has 3 aromatic carbocycles. The molecule has 0 aromatic heterocycles. The van der Waals surface area contributed by atoms with E-state index in [4.69, 9.17) is 9.47 Å². The molecule has 3 aromatic rings. The van der Waals surface area contributed by atoms with Crippen LogP contribution in [-0.4, -0.2) is 31.0 Å². The third kappa shape index (κ3) is 7.29. The molecule has 2 amide bonds. The second kappa shape index (κ2) is 11.8. The van der Waals surface area contributed by atoms with E-state index in [9.17, 15) is 19.7 Å². The van der Waals surface area contributed by atoms with Crippen molar-refractivity contribution in [3.8, 4) is 11.5 Å². The van der Waals surface area contributed by atoms with Crippen LogP contribution in [0.5, 0.6) is 11.5 Å². The van der Waals surface area contributed by atoms with Gasteiger partial charge in [-0.05, 0) is 59.7 Å². The second-order valence-electron chi connectivity index (χ2n) is 7.18. The maximum absolute atomic E-state index is 12.4. The first-order valence-electron chi connectivity index (χ1n) is 10.4. The Morgan fingerprint density at radius 2 is 1.26 bits per heavy atom. The van der Waals surface area contributed by atoms with Gasteiger partial charge in [0.25, 0.3) is 5.69 Å². The first-order valence-corrected chi connectivity index (χ1v) is 10.4. The van der Waals surface area contributed by atoms with Gasteiger partial charge in [-0.15, -0.1) is 0 Å². The number of nitrogens with one attached hydrogen (secondary N) is 2. The number of benzene rings is 3. The van der Waals surface area contributed by atoms with E-state index in [1.165, 1.54) is 30.4 Å². The summed E-state index contributed by atoms with van der Waals surface area (Å²) >= 11 is 0. The minimum absolute atomic E-state index is 0.0451. The van der Waals surface area contributed by atoms with Gasteiger partial charge in [-0.1, -0.05) is 24.3 Å². The Balaban J connectivity index is 1.69. The standard InChI is InChI=1S/C26H23N3O6/c1-34-21-10-3-18(4-11-21)7-15-25(30)27-20-9-14-24(29(32)33)23(17-20)28-26(31)16-8-19-5-12-22(35-2)13-6-19/h3-17H,1-2H3,(H,27,30)(H,28,31). The fraction of sp³-hybridized carbons (Fsp3) is 0.0769. The number of carbonyl (C=O) groups is 2. The first-order chi connectivity index (χ1) is 16.9. The van der Waals surface area contributed by atoms with E-state index in [-0.39, 0.29) is 17.1 Å². The summed E-state index contributed by atoms with van der Waals surface area (Å²) in [7, 11) is 3.12. The molecule has 35 heavy (non-hydrogen) atoms. The number of nitro benzene ring substituents is 1. The maximum atomic E-state index is 12.4. The molecule has 0 unspecified atom stereocenters. The van der Waals surface area contributed by atoms with Crippen LogP contribution in [0.1, 0.15) is 11.1 Å². The largest absolute Gasteiger partial charge is 0.497 e. The lowest BCUT2D eigenvalue weighted by Gasteiger charge is -2.08. The number of rotatable bonds is 9. The lowest BCUT2D eigenvalue weighted by molar-refractivity contribution is -0.383. The van der Waals surface area contributed by atoms with Crippen LogP contribution in [0, 0.1) is 10.1 Å². The second-order valence-corrected chi connectivity index (χ2v) is 7.18. The Morgan fingerprint density at radius 1 is 0.771 bits per heavy atom. The first kappa shape index (κ1) is 24.7. The Kier molecular flexibility index (Phi) is 8.33. The predicted octanol–water partition coefficient (Wildman–Crippen LogP) is 4.92. The molecule has 2 N–H and O–H groups in total. The number of anilines is 2. The summed E-state index contributed by atoms with van der Waals surface area (Å²) in [6, 6.07) is 18.1. The lowest BCUT2D eigenvalue weighted by Crippen LogP contribution is -2.12. The van der Waals surface area contributed by atoms with Gasteiger partial charge >= 0.3 is 0 Å². The fourth-order valence-corrected chi connectivity index (χ4v) is 3.01. The fourth-order valence-electron chi connectivity index (χ4n) is 3.01. The van der Waals surface area contributed by atoms with Crippen LogP contribution in [0.2, 0.25) is 0 Å². The minimum Gasteiger partial charge on any atom is -0.497 e. The van der Waals surface area contributed by atoms with E-state index >= 15 is 0 Å². The van der Waals surface area contributed by atoms with Crippen molar-refractivity contribution in [3.05, 3.63) is 100 Å². The highest BCUT2D eigenvalue weighted by atomic mass is 16.6. The van der Waals surface area contributed by atoms with Crippen molar-refractivity contribution >= 4 is 41.0 Å². The normalized spacial score (nSPS) is 10.8. The van der Waals surface area contributed by atoms with Crippen molar-refractivity contribution in [1.29, 1.82) is 0 Å². The molecule has 0 saturated heterocycles. The molecular formula is C26H23N3O6. The van der Waals surface area contributed by atoms with E-state index < -0.39 is 16.7 Å². The van der Waals surface area contributed by atoms with Crippen LogP contribution in [0.25, 0.3) is 12.2 Å². The molecule has 3 rings (SSSR count). The zero-order valence-electron chi connectivity index (χ0n) is 19.1. The Morgan fingerprint density at radius 3 is 1.71 bits per heavy atom. The Labute approximate surface area is 201 Å². The summed E-state index contributed by atoms with van der Waals surface area (Å²) < 4.78 is 10.2. The molecule has 0 atom stereocenters. The zero-order valence-corrected chi connectivity index (χ0v) is 19.1. The number of ether oxygens (including phenoxy) is 2. The molecular weight excluding hydrogens is 450 g/mol. The molecule has 0 saturated carbocycles. The van der Waals surface area contributed by atoms with Crippen molar-refractivity contribution in [2.75, 3.05) is 24.9 Å². The maximum Gasteiger partial charge on any atom is 0.292 e. The van der Waals surface area contributed by atoms with Crippen LogP contribution in [0.4, 0.5) is 17.1 Å². The number of nitro groups is 1. The molecule has 9 nitrogen and oxygen atoms in total. The zero-order chi connectivity index (χ0) is 25.2.